The van der Waals surface area contributed by atoms with Gasteiger partial charge in [0.05, 0.1) is 10.6 Å². The van der Waals surface area contributed by atoms with Gasteiger partial charge in [-0.1, -0.05) is 31.5 Å². The van der Waals surface area contributed by atoms with E-state index in [9.17, 15) is 49.5 Å². The van der Waals surface area contributed by atoms with E-state index in [0.717, 1.165) is 31.4 Å². The maximum atomic E-state index is 13.4. The van der Waals surface area contributed by atoms with Crippen molar-refractivity contribution in [3.05, 3.63) is 59.2 Å². The number of fused-ring (bicyclic) bond motifs is 1. The van der Waals surface area contributed by atoms with Crippen molar-refractivity contribution in [2.75, 3.05) is 11.1 Å². The van der Waals surface area contributed by atoms with E-state index in [0.29, 0.717) is 23.3 Å². The minimum Gasteiger partial charge on any atom is -0.369 e. The van der Waals surface area contributed by atoms with Crippen LogP contribution in [-0.4, -0.2) is 48.3 Å². The molecule has 14 heteroatoms. The van der Waals surface area contributed by atoms with Crippen LogP contribution in [-0.2, 0) is 31.6 Å². The zero-order chi connectivity index (χ0) is 29.7. The summed E-state index contributed by atoms with van der Waals surface area (Å²) in [6, 6.07) is 5.31. The first-order valence-electron chi connectivity index (χ1n) is 12.4. The van der Waals surface area contributed by atoms with Gasteiger partial charge in [0.2, 0.25) is 5.91 Å². The number of rotatable bonds is 7. The molecule has 0 bridgehead atoms. The number of carbonyl (C=O) groups is 2. The Morgan fingerprint density at radius 1 is 1.00 bits per heavy atom. The Hall–Kier alpha value is -3.13. The minimum atomic E-state index is -6.06. The SMILES string of the molecule is CCS(=O)(=O)c1ccc2c(c1)CN(C(=O)CC1CCC1)C2C(=O)Nc1ccc(C(O)(C(F)(F)F)C(F)(F)F)cc1. The van der Waals surface area contributed by atoms with Gasteiger partial charge in [-0.05, 0) is 54.2 Å². The second-order valence-electron chi connectivity index (χ2n) is 9.96. The third-order valence-corrected chi connectivity index (χ3v) is 9.18. The lowest BCUT2D eigenvalue weighted by Crippen LogP contribution is -2.53. The van der Waals surface area contributed by atoms with Crippen LogP contribution in [0.1, 0.15) is 55.3 Å². The Morgan fingerprint density at radius 2 is 1.60 bits per heavy atom. The molecular formula is C26H26F6N2O5S. The van der Waals surface area contributed by atoms with E-state index in [2.05, 4.69) is 5.32 Å². The number of halogens is 6. The fourth-order valence-electron chi connectivity index (χ4n) is 4.86. The monoisotopic (exact) mass is 592 g/mol. The molecule has 2 amide bonds. The molecule has 1 saturated carbocycles. The zero-order valence-electron chi connectivity index (χ0n) is 21.1. The largest absolute Gasteiger partial charge is 0.430 e. The predicted molar refractivity (Wildman–Crippen MR) is 130 cm³/mol. The number of aliphatic hydroxyl groups is 1. The van der Waals surface area contributed by atoms with Crippen molar-refractivity contribution in [3.63, 3.8) is 0 Å². The lowest BCUT2D eigenvalue weighted by Gasteiger charge is -2.32. The lowest BCUT2D eigenvalue weighted by molar-refractivity contribution is -0.376. The van der Waals surface area contributed by atoms with Crippen molar-refractivity contribution in [3.8, 4) is 0 Å². The van der Waals surface area contributed by atoms with Crippen molar-refractivity contribution in [1.29, 1.82) is 0 Å². The summed E-state index contributed by atoms with van der Waals surface area (Å²) >= 11 is 0. The third-order valence-electron chi connectivity index (χ3n) is 7.45. The van der Waals surface area contributed by atoms with E-state index in [1.807, 2.05) is 0 Å². The Labute approximate surface area is 226 Å². The van der Waals surface area contributed by atoms with Gasteiger partial charge in [0.15, 0.2) is 9.84 Å². The van der Waals surface area contributed by atoms with Crippen LogP contribution in [0, 0.1) is 5.92 Å². The maximum absolute atomic E-state index is 13.4. The van der Waals surface area contributed by atoms with Crippen molar-refractivity contribution in [1.82, 2.24) is 4.90 Å². The van der Waals surface area contributed by atoms with Crippen LogP contribution in [0.2, 0.25) is 0 Å². The smallest absolute Gasteiger partial charge is 0.369 e. The molecule has 1 unspecified atom stereocenters. The summed E-state index contributed by atoms with van der Waals surface area (Å²) in [5.41, 5.74) is -5.99. The average Bonchev–Trinajstić information content (AvgIpc) is 3.24. The maximum Gasteiger partial charge on any atom is 0.430 e. The second kappa shape index (κ2) is 10.4. The van der Waals surface area contributed by atoms with Crippen LogP contribution in [0.15, 0.2) is 47.4 Å². The van der Waals surface area contributed by atoms with Crippen LogP contribution in [0.5, 0.6) is 0 Å². The number of hydrogen-bond donors (Lipinski definition) is 2. The van der Waals surface area contributed by atoms with Gasteiger partial charge in [0, 0.05) is 24.2 Å². The highest BCUT2D eigenvalue weighted by Gasteiger charge is 2.71. The molecule has 0 radical (unpaired) electrons. The standard InChI is InChI=1S/C26H26F6N2O5S/c1-2-40(38,39)19-10-11-20-16(13-19)14-34(21(35)12-15-4-3-5-15)22(20)23(36)33-18-8-6-17(7-9-18)24(37,25(27,28)29)26(30,31)32/h6-11,13,15,22,37H,2-5,12,14H2,1H3,(H,33,36). The van der Waals surface area contributed by atoms with Crippen LogP contribution >= 0.6 is 0 Å². The topological polar surface area (TPSA) is 104 Å². The van der Waals surface area contributed by atoms with E-state index in [-0.39, 0.29) is 41.1 Å². The number of alkyl halides is 6. The first-order chi connectivity index (χ1) is 18.5. The molecule has 1 atom stereocenters. The molecule has 2 N–H and O–H groups in total. The Bertz CT molecular complexity index is 1390. The number of amides is 2. The number of carbonyl (C=O) groups excluding carboxylic acids is 2. The molecule has 0 saturated heterocycles. The molecule has 1 fully saturated rings. The molecule has 2 aliphatic rings. The normalized spacial score (nSPS) is 18.3. The summed E-state index contributed by atoms with van der Waals surface area (Å²) < 4.78 is 104. The van der Waals surface area contributed by atoms with E-state index in [4.69, 9.17) is 0 Å². The van der Waals surface area contributed by atoms with E-state index in [1.165, 1.54) is 30.0 Å². The second-order valence-corrected chi connectivity index (χ2v) is 12.2. The van der Waals surface area contributed by atoms with E-state index >= 15 is 0 Å². The number of nitrogens with one attached hydrogen (secondary N) is 1. The fourth-order valence-corrected chi connectivity index (χ4v) is 5.79. The number of hydrogen-bond acceptors (Lipinski definition) is 5. The van der Waals surface area contributed by atoms with Gasteiger partial charge in [-0.3, -0.25) is 9.59 Å². The molecule has 1 heterocycles. The van der Waals surface area contributed by atoms with Crippen molar-refractivity contribution < 1.29 is 49.5 Å². The Balaban J connectivity index is 1.63. The highest BCUT2D eigenvalue weighted by atomic mass is 32.2. The van der Waals surface area contributed by atoms with E-state index < -0.39 is 45.3 Å². The van der Waals surface area contributed by atoms with Gasteiger partial charge in [-0.2, -0.15) is 26.3 Å². The Kier molecular flexibility index (Phi) is 7.73. The molecule has 1 aliphatic carbocycles. The molecule has 7 nitrogen and oxygen atoms in total. The predicted octanol–water partition coefficient (Wildman–Crippen LogP) is 5.00. The first-order valence-corrected chi connectivity index (χ1v) is 14.1. The summed E-state index contributed by atoms with van der Waals surface area (Å²) in [5.74, 6) is -1.13. The molecular weight excluding hydrogens is 566 g/mol. The molecule has 218 valence electrons. The van der Waals surface area contributed by atoms with Gasteiger partial charge in [-0.15, -0.1) is 0 Å². The Morgan fingerprint density at radius 3 is 2.10 bits per heavy atom. The van der Waals surface area contributed by atoms with Crippen LogP contribution in [0.25, 0.3) is 0 Å². The number of anilines is 1. The van der Waals surface area contributed by atoms with Gasteiger partial charge in [0.25, 0.3) is 11.5 Å². The summed E-state index contributed by atoms with van der Waals surface area (Å²) in [6.07, 6.45) is -9.24. The van der Waals surface area contributed by atoms with Crippen molar-refractivity contribution >= 4 is 27.3 Å². The average molecular weight is 593 g/mol. The highest BCUT2D eigenvalue weighted by Crippen LogP contribution is 2.50. The van der Waals surface area contributed by atoms with Gasteiger partial charge in [-0.25, -0.2) is 8.42 Å². The first kappa shape index (κ1) is 29.8. The lowest BCUT2D eigenvalue weighted by atomic mass is 9.82. The quantitative estimate of drug-likeness (QED) is 0.441. The summed E-state index contributed by atoms with van der Waals surface area (Å²) in [4.78, 5) is 27.8. The van der Waals surface area contributed by atoms with Gasteiger partial charge >= 0.3 is 12.4 Å². The summed E-state index contributed by atoms with van der Waals surface area (Å²) in [6.45, 7) is 1.43. The molecule has 40 heavy (non-hydrogen) atoms. The number of nitrogens with zero attached hydrogens (tertiary/aromatic N) is 1. The van der Waals surface area contributed by atoms with E-state index in [1.54, 1.807) is 0 Å². The molecule has 0 spiro atoms. The molecule has 4 rings (SSSR count). The van der Waals surface area contributed by atoms with Gasteiger partial charge in [0.1, 0.15) is 6.04 Å². The molecule has 2 aromatic carbocycles. The molecule has 0 aromatic heterocycles. The van der Waals surface area contributed by atoms with Gasteiger partial charge < -0.3 is 15.3 Å². The summed E-state index contributed by atoms with van der Waals surface area (Å²) in [7, 11) is -3.58. The minimum absolute atomic E-state index is 0.0265. The van der Waals surface area contributed by atoms with Crippen molar-refractivity contribution in [2.45, 2.75) is 68.0 Å². The molecule has 1 aliphatic heterocycles. The van der Waals surface area contributed by atoms with Crippen LogP contribution < -0.4 is 5.32 Å². The zero-order valence-corrected chi connectivity index (χ0v) is 22.0. The molecule has 2 aromatic rings. The fraction of sp³-hybridized carbons (Fsp3) is 0.462. The van der Waals surface area contributed by atoms with Crippen LogP contribution in [0.3, 0.4) is 0 Å². The number of benzene rings is 2. The van der Waals surface area contributed by atoms with Crippen molar-refractivity contribution in [2.24, 2.45) is 5.92 Å². The van der Waals surface area contributed by atoms with Crippen LogP contribution in [0.4, 0.5) is 32.0 Å². The summed E-state index contributed by atoms with van der Waals surface area (Å²) in [5, 5.41) is 12.0. The highest BCUT2D eigenvalue weighted by molar-refractivity contribution is 7.91. The number of sulfone groups is 1. The third kappa shape index (κ3) is 5.30.